The zero-order valence-corrected chi connectivity index (χ0v) is 9.18. The quantitative estimate of drug-likeness (QED) is 0.608. The molecule has 74 valence electrons. The van der Waals surface area contributed by atoms with E-state index in [1.165, 1.54) is 39.7 Å². The first-order valence-electron chi connectivity index (χ1n) is 4.62. The highest BCUT2D eigenvalue weighted by Crippen LogP contribution is 1.93. The van der Waals surface area contributed by atoms with Gasteiger partial charge in [-0.25, -0.2) is 0 Å². The van der Waals surface area contributed by atoms with E-state index in [4.69, 9.17) is 0 Å². The highest BCUT2D eigenvalue weighted by Gasteiger charge is 1.86. The second-order valence-corrected chi connectivity index (χ2v) is 3.42. The first-order valence-corrected chi connectivity index (χ1v) is 4.62. The Morgan fingerprint density at radius 1 is 1.17 bits per heavy atom. The first-order chi connectivity index (χ1) is 5.50. The van der Waals surface area contributed by atoms with Crippen molar-refractivity contribution in [3.63, 3.8) is 0 Å². The van der Waals surface area contributed by atoms with Crippen LogP contribution in [-0.4, -0.2) is 31.3 Å². The summed E-state index contributed by atoms with van der Waals surface area (Å²) < 4.78 is 0. The summed E-state index contributed by atoms with van der Waals surface area (Å²) in [6.07, 6.45) is 4.05. The Morgan fingerprint density at radius 3 is 1.83 bits per heavy atom. The number of ketones is 1. The molecule has 0 heterocycles. The molecule has 0 rings (SSSR count). The highest BCUT2D eigenvalue weighted by atomic mass is 16.1. The maximum Gasteiger partial charge on any atom is 0.126 e. The summed E-state index contributed by atoms with van der Waals surface area (Å²) in [7, 11) is 4.24. The van der Waals surface area contributed by atoms with Crippen molar-refractivity contribution in [1.82, 2.24) is 4.90 Å². The molecule has 0 atom stereocenters. The summed E-state index contributed by atoms with van der Waals surface area (Å²) >= 11 is 0. The third-order valence-corrected chi connectivity index (χ3v) is 1.21. The Hall–Kier alpha value is -0.370. The summed E-state index contributed by atoms with van der Waals surface area (Å²) in [4.78, 5) is 11.7. The van der Waals surface area contributed by atoms with Gasteiger partial charge < -0.3 is 9.69 Å². The lowest BCUT2D eigenvalue weighted by Gasteiger charge is -2.06. The summed E-state index contributed by atoms with van der Waals surface area (Å²) in [6, 6.07) is 0. The second kappa shape index (κ2) is 10.6. The molecule has 2 heteroatoms. The van der Waals surface area contributed by atoms with E-state index in [-0.39, 0.29) is 5.78 Å². The number of hydrogen-bond donors (Lipinski definition) is 0. The van der Waals surface area contributed by atoms with Gasteiger partial charge in [-0.3, -0.25) is 0 Å². The van der Waals surface area contributed by atoms with Crippen molar-refractivity contribution >= 4 is 5.78 Å². The van der Waals surface area contributed by atoms with Gasteiger partial charge in [0.05, 0.1) is 0 Å². The number of unbranched alkanes of at least 4 members (excludes halogenated alkanes) is 2. The third-order valence-electron chi connectivity index (χ3n) is 1.21. The molecule has 0 saturated heterocycles. The molecule has 0 radical (unpaired) electrons. The Bertz CT molecular complexity index is 96.0. The van der Waals surface area contributed by atoms with E-state index in [1.54, 1.807) is 0 Å². The number of Topliss-reactive ketones (excluding diaryl/α,β-unsaturated/α-hetero) is 1. The lowest BCUT2D eigenvalue weighted by molar-refractivity contribution is -0.114. The van der Waals surface area contributed by atoms with Gasteiger partial charge in [0.25, 0.3) is 0 Å². The molecule has 0 aromatic carbocycles. The molecule has 0 N–H and O–H groups in total. The molecule has 2 nitrogen and oxygen atoms in total. The Kier molecular flexibility index (Phi) is 12.6. The molecule has 0 spiro atoms. The van der Waals surface area contributed by atoms with Crippen LogP contribution in [0.5, 0.6) is 0 Å². The van der Waals surface area contributed by atoms with Crippen LogP contribution in [0.1, 0.15) is 40.0 Å². The van der Waals surface area contributed by atoms with Crippen LogP contribution < -0.4 is 0 Å². The average molecular weight is 173 g/mol. The van der Waals surface area contributed by atoms with Gasteiger partial charge in [0.1, 0.15) is 5.78 Å². The van der Waals surface area contributed by atoms with Crippen molar-refractivity contribution in [2.75, 3.05) is 20.6 Å². The van der Waals surface area contributed by atoms with Crippen LogP contribution >= 0.6 is 0 Å². The molecule has 0 bridgehead atoms. The smallest absolute Gasteiger partial charge is 0.126 e. The van der Waals surface area contributed by atoms with Crippen LogP contribution in [0.4, 0.5) is 0 Å². The fourth-order valence-electron chi connectivity index (χ4n) is 0.678. The first kappa shape index (κ1) is 14.2. The molecular weight excluding hydrogens is 150 g/mol. The number of nitrogens with zero attached hydrogens (tertiary/aromatic N) is 1. The van der Waals surface area contributed by atoms with E-state index in [9.17, 15) is 4.79 Å². The van der Waals surface area contributed by atoms with Crippen molar-refractivity contribution in [1.29, 1.82) is 0 Å². The minimum absolute atomic E-state index is 0.167. The van der Waals surface area contributed by atoms with Gasteiger partial charge in [0.2, 0.25) is 0 Å². The van der Waals surface area contributed by atoms with Crippen LogP contribution in [-0.2, 0) is 4.79 Å². The Balaban J connectivity index is 0. The van der Waals surface area contributed by atoms with Crippen molar-refractivity contribution in [2.24, 2.45) is 0 Å². The minimum Gasteiger partial charge on any atom is -0.309 e. The summed E-state index contributed by atoms with van der Waals surface area (Å²) in [6.45, 7) is 6.53. The fraction of sp³-hybridized carbons (Fsp3) is 0.900. The van der Waals surface area contributed by atoms with Gasteiger partial charge >= 0.3 is 0 Å². The van der Waals surface area contributed by atoms with E-state index in [2.05, 4.69) is 25.9 Å². The van der Waals surface area contributed by atoms with Crippen molar-refractivity contribution in [3.8, 4) is 0 Å². The molecule has 0 aliphatic carbocycles. The third kappa shape index (κ3) is 33.5. The van der Waals surface area contributed by atoms with Crippen LogP contribution in [0.25, 0.3) is 0 Å². The maximum atomic E-state index is 9.44. The molecule has 0 aromatic heterocycles. The molecule has 0 aliphatic heterocycles. The Morgan fingerprint density at radius 2 is 1.58 bits per heavy atom. The molecule has 0 unspecified atom stereocenters. The Labute approximate surface area is 77.0 Å². The molecule has 0 amide bonds. The normalized spacial score (nSPS) is 9.17. The average Bonchev–Trinajstić information content (AvgIpc) is 1.86. The van der Waals surface area contributed by atoms with Gasteiger partial charge in [-0.1, -0.05) is 19.8 Å². The number of hydrogen-bond acceptors (Lipinski definition) is 2. The topological polar surface area (TPSA) is 20.3 Å². The van der Waals surface area contributed by atoms with E-state index < -0.39 is 0 Å². The van der Waals surface area contributed by atoms with Crippen LogP contribution in [0.3, 0.4) is 0 Å². The zero-order valence-electron chi connectivity index (χ0n) is 9.18. The number of carbonyl (C=O) groups is 1. The SMILES string of the molecule is CC(C)=O.CCCCCN(C)C. The van der Waals surface area contributed by atoms with E-state index in [0.717, 1.165) is 0 Å². The predicted octanol–water partition coefficient (Wildman–Crippen LogP) is 2.33. The zero-order chi connectivity index (χ0) is 9.98. The molecule has 12 heavy (non-hydrogen) atoms. The fourth-order valence-corrected chi connectivity index (χ4v) is 0.678. The number of rotatable bonds is 4. The monoisotopic (exact) mass is 173 g/mol. The number of carbonyl (C=O) groups excluding carboxylic acids is 1. The van der Waals surface area contributed by atoms with Crippen LogP contribution in [0.2, 0.25) is 0 Å². The molecule has 0 aromatic rings. The second-order valence-electron chi connectivity index (χ2n) is 3.42. The summed E-state index contributed by atoms with van der Waals surface area (Å²) in [5.74, 6) is 0.167. The maximum absolute atomic E-state index is 9.44. The van der Waals surface area contributed by atoms with Crippen molar-refractivity contribution < 1.29 is 4.79 Å². The van der Waals surface area contributed by atoms with E-state index >= 15 is 0 Å². The van der Waals surface area contributed by atoms with Crippen LogP contribution in [0, 0.1) is 0 Å². The van der Waals surface area contributed by atoms with Crippen LogP contribution in [0.15, 0.2) is 0 Å². The molecule has 0 aliphatic rings. The van der Waals surface area contributed by atoms with Gasteiger partial charge in [-0.15, -0.1) is 0 Å². The van der Waals surface area contributed by atoms with Gasteiger partial charge in [0, 0.05) is 0 Å². The van der Waals surface area contributed by atoms with E-state index in [1.807, 2.05) is 0 Å². The van der Waals surface area contributed by atoms with Gasteiger partial charge in [0.15, 0.2) is 0 Å². The van der Waals surface area contributed by atoms with Gasteiger partial charge in [-0.05, 0) is 40.9 Å². The molecular formula is C10H23NO. The lowest BCUT2D eigenvalue weighted by atomic mass is 10.2. The standard InChI is InChI=1S/C7H17N.C3H6O/c1-4-5-6-7-8(2)3;1-3(2)4/h4-7H2,1-3H3;1-2H3. The summed E-state index contributed by atoms with van der Waals surface area (Å²) in [5, 5.41) is 0. The predicted molar refractivity (Wildman–Crippen MR) is 54.4 cm³/mol. The largest absolute Gasteiger partial charge is 0.309 e. The minimum atomic E-state index is 0.167. The molecule has 0 fully saturated rings. The highest BCUT2D eigenvalue weighted by molar-refractivity contribution is 5.72. The van der Waals surface area contributed by atoms with Crippen molar-refractivity contribution in [3.05, 3.63) is 0 Å². The van der Waals surface area contributed by atoms with Gasteiger partial charge in [-0.2, -0.15) is 0 Å². The van der Waals surface area contributed by atoms with E-state index in [0.29, 0.717) is 0 Å². The van der Waals surface area contributed by atoms with Crippen molar-refractivity contribution in [2.45, 2.75) is 40.0 Å². The molecule has 0 saturated carbocycles. The summed E-state index contributed by atoms with van der Waals surface area (Å²) in [5.41, 5.74) is 0. The lowest BCUT2D eigenvalue weighted by Crippen LogP contribution is -2.12.